The Balaban J connectivity index is 2.19. The highest BCUT2D eigenvalue weighted by molar-refractivity contribution is 5.84. The van der Waals surface area contributed by atoms with Crippen LogP contribution < -0.4 is 0 Å². The highest BCUT2D eigenvalue weighted by Crippen LogP contribution is 2.31. The number of halogens is 4. The summed E-state index contributed by atoms with van der Waals surface area (Å²) in [5.41, 5.74) is 0. The fourth-order valence-electron chi connectivity index (χ4n) is 2.44. The van der Waals surface area contributed by atoms with E-state index in [1.54, 1.807) is 6.07 Å². The van der Waals surface area contributed by atoms with Crippen LogP contribution in [-0.2, 0) is 11.3 Å². The van der Waals surface area contributed by atoms with Crippen molar-refractivity contribution in [2.75, 3.05) is 0 Å². The van der Waals surface area contributed by atoms with Crippen LogP contribution in [0.15, 0.2) is 22.8 Å². The van der Waals surface area contributed by atoms with Crippen molar-refractivity contribution < 1.29 is 26.8 Å². The van der Waals surface area contributed by atoms with Crippen LogP contribution in [0.3, 0.4) is 0 Å². The number of rotatable bonds is 5. The maximum Gasteiger partial charge on any atom is 0.383 e. The van der Waals surface area contributed by atoms with Gasteiger partial charge in [0.15, 0.2) is 0 Å². The van der Waals surface area contributed by atoms with Crippen LogP contribution in [0.1, 0.15) is 31.4 Å². The fourth-order valence-corrected chi connectivity index (χ4v) is 2.44. The van der Waals surface area contributed by atoms with Crippen LogP contribution in [0, 0.1) is 0 Å². The molecular formula is C13H15F4NO2. The molecule has 0 aliphatic heterocycles. The molecule has 3 nitrogen and oxygen atoms in total. The molecule has 1 aliphatic carbocycles. The van der Waals surface area contributed by atoms with E-state index in [1.807, 2.05) is 0 Å². The van der Waals surface area contributed by atoms with Gasteiger partial charge < -0.3 is 9.32 Å². The highest BCUT2D eigenvalue weighted by Gasteiger charge is 2.52. The monoisotopic (exact) mass is 293 g/mol. The second-order valence-corrected chi connectivity index (χ2v) is 4.87. The van der Waals surface area contributed by atoms with Crippen LogP contribution >= 0.6 is 0 Å². The molecular weight excluding hydrogens is 278 g/mol. The van der Waals surface area contributed by atoms with Gasteiger partial charge in [0.1, 0.15) is 5.76 Å². The van der Waals surface area contributed by atoms with Crippen LogP contribution in [0.5, 0.6) is 0 Å². The molecule has 1 saturated carbocycles. The second kappa shape index (κ2) is 5.85. The summed E-state index contributed by atoms with van der Waals surface area (Å²) in [7, 11) is 0. The molecule has 0 aromatic carbocycles. The van der Waals surface area contributed by atoms with E-state index in [-0.39, 0.29) is 6.54 Å². The molecule has 0 atom stereocenters. The molecule has 1 aromatic rings. The van der Waals surface area contributed by atoms with E-state index in [9.17, 15) is 22.4 Å². The molecule has 0 bridgehead atoms. The number of furan rings is 1. The Hall–Kier alpha value is -1.53. The number of nitrogens with zero attached hydrogens (tertiary/aromatic N) is 1. The van der Waals surface area contributed by atoms with Crippen LogP contribution in [0.4, 0.5) is 17.6 Å². The summed E-state index contributed by atoms with van der Waals surface area (Å²) in [6.07, 6.45) is 0.0327. The van der Waals surface area contributed by atoms with E-state index < -0.39 is 24.3 Å². The van der Waals surface area contributed by atoms with Gasteiger partial charge in [-0.1, -0.05) is 12.8 Å². The van der Waals surface area contributed by atoms with E-state index in [2.05, 4.69) is 0 Å². The van der Waals surface area contributed by atoms with Gasteiger partial charge in [0.05, 0.1) is 12.8 Å². The van der Waals surface area contributed by atoms with Gasteiger partial charge in [0, 0.05) is 6.04 Å². The summed E-state index contributed by atoms with van der Waals surface area (Å²) in [5, 5.41) is 0. The lowest BCUT2D eigenvalue weighted by atomic mass is 10.1. The zero-order valence-electron chi connectivity index (χ0n) is 10.7. The van der Waals surface area contributed by atoms with Gasteiger partial charge in [0.2, 0.25) is 0 Å². The molecule has 0 unspecified atom stereocenters. The topological polar surface area (TPSA) is 33.5 Å². The quantitative estimate of drug-likeness (QED) is 0.779. The van der Waals surface area contributed by atoms with E-state index in [0.717, 1.165) is 17.7 Å². The summed E-state index contributed by atoms with van der Waals surface area (Å²) < 4.78 is 56.4. The molecule has 1 heterocycles. The lowest BCUT2D eigenvalue weighted by Crippen LogP contribution is -2.50. The average Bonchev–Trinajstić information content (AvgIpc) is 3.07. The molecule has 2 rings (SSSR count). The van der Waals surface area contributed by atoms with Crippen molar-refractivity contribution in [2.45, 2.75) is 50.6 Å². The Morgan fingerprint density at radius 1 is 1.40 bits per heavy atom. The third kappa shape index (κ3) is 2.96. The summed E-state index contributed by atoms with van der Waals surface area (Å²) >= 11 is 0. The first kappa shape index (κ1) is 14.9. The van der Waals surface area contributed by atoms with Crippen molar-refractivity contribution in [1.82, 2.24) is 4.90 Å². The first-order chi connectivity index (χ1) is 9.43. The molecule has 1 fully saturated rings. The van der Waals surface area contributed by atoms with E-state index in [1.165, 1.54) is 12.3 Å². The molecule has 1 aliphatic rings. The molecule has 112 valence electrons. The van der Waals surface area contributed by atoms with E-state index in [4.69, 9.17) is 4.42 Å². The number of hydrogen-bond acceptors (Lipinski definition) is 2. The zero-order valence-corrected chi connectivity index (χ0v) is 10.7. The first-order valence-corrected chi connectivity index (χ1v) is 6.42. The normalized spacial score (nSPS) is 16.9. The van der Waals surface area contributed by atoms with Crippen molar-refractivity contribution in [3.05, 3.63) is 24.2 Å². The van der Waals surface area contributed by atoms with Gasteiger partial charge in [-0.2, -0.15) is 8.78 Å². The molecule has 0 saturated heterocycles. The number of hydrogen-bond donors (Lipinski definition) is 0. The van der Waals surface area contributed by atoms with Gasteiger partial charge >= 0.3 is 12.3 Å². The number of amides is 1. The van der Waals surface area contributed by atoms with Crippen molar-refractivity contribution in [3.63, 3.8) is 0 Å². The third-order valence-electron chi connectivity index (χ3n) is 3.49. The fraction of sp³-hybridized carbons (Fsp3) is 0.615. The molecule has 7 heteroatoms. The van der Waals surface area contributed by atoms with E-state index in [0.29, 0.717) is 18.6 Å². The zero-order chi connectivity index (χ0) is 14.8. The van der Waals surface area contributed by atoms with Gasteiger partial charge in [-0.05, 0) is 25.0 Å². The molecule has 0 radical (unpaired) electrons. The van der Waals surface area contributed by atoms with Crippen LogP contribution in [0.2, 0.25) is 0 Å². The average molecular weight is 293 g/mol. The van der Waals surface area contributed by atoms with Crippen LogP contribution in [-0.4, -0.2) is 29.2 Å². The standard InChI is InChI=1S/C13H15F4NO2/c14-11(15)13(16,17)12(19)18(9-4-1-2-5-9)8-10-6-3-7-20-10/h3,6-7,9,11H,1-2,4-5,8H2. The minimum absolute atomic E-state index is 0.210. The van der Waals surface area contributed by atoms with Crippen molar-refractivity contribution in [3.8, 4) is 0 Å². The second-order valence-electron chi connectivity index (χ2n) is 4.87. The minimum atomic E-state index is -4.66. The lowest BCUT2D eigenvalue weighted by molar-refractivity contribution is -0.183. The Labute approximate surface area is 113 Å². The van der Waals surface area contributed by atoms with Gasteiger partial charge in [-0.25, -0.2) is 8.78 Å². The summed E-state index contributed by atoms with van der Waals surface area (Å²) in [6.45, 7) is -0.210. The molecule has 0 spiro atoms. The highest BCUT2D eigenvalue weighted by atomic mass is 19.3. The predicted molar refractivity (Wildman–Crippen MR) is 62.5 cm³/mol. The van der Waals surface area contributed by atoms with Crippen LogP contribution in [0.25, 0.3) is 0 Å². The summed E-state index contributed by atoms with van der Waals surface area (Å²) in [5.74, 6) is -6.18. The van der Waals surface area contributed by atoms with Crippen molar-refractivity contribution in [1.29, 1.82) is 0 Å². The Bertz CT molecular complexity index is 441. The maximum atomic E-state index is 13.3. The van der Waals surface area contributed by atoms with Gasteiger partial charge in [0.25, 0.3) is 5.91 Å². The minimum Gasteiger partial charge on any atom is -0.467 e. The van der Waals surface area contributed by atoms with Crippen molar-refractivity contribution in [2.24, 2.45) is 0 Å². The molecule has 0 N–H and O–H groups in total. The largest absolute Gasteiger partial charge is 0.467 e. The third-order valence-corrected chi connectivity index (χ3v) is 3.49. The SMILES string of the molecule is O=C(N(Cc1ccco1)C1CCCC1)C(F)(F)C(F)F. The van der Waals surface area contributed by atoms with Gasteiger partial charge in [-0.3, -0.25) is 4.79 Å². The Morgan fingerprint density at radius 3 is 2.55 bits per heavy atom. The smallest absolute Gasteiger partial charge is 0.383 e. The molecule has 20 heavy (non-hydrogen) atoms. The lowest BCUT2D eigenvalue weighted by Gasteiger charge is -2.31. The number of alkyl halides is 4. The number of carbonyl (C=O) groups is 1. The Kier molecular flexibility index (Phi) is 4.35. The number of carbonyl (C=O) groups excluding carboxylic acids is 1. The maximum absolute atomic E-state index is 13.3. The molecule has 1 aromatic heterocycles. The van der Waals surface area contributed by atoms with Crippen molar-refractivity contribution >= 4 is 5.91 Å². The summed E-state index contributed by atoms with van der Waals surface area (Å²) in [4.78, 5) is 12.6. The summed E-state index contributed by atoms with van der Waals surface area (Å²) in [6, 6.07) is 2.64. The predicted octanol–water partition coefficient (Wildman–Crippen LogP) is 3.45. The Morgan fingerprint density at radius 2 is 2.05 bits per heavy atom. The molecule has 1 amide bonds. The van der Waals surface area contributed by atoms with Gasteiger partial charge in [-0.15, -0.1) is 0 Å². The van der Waals surface area contributed by atoms with E-state index >= 15 is 0 Å². The first-order valence-electron chi connectivity index (χ1n) is 6.42.